The van der Waals surface area contributed by atoms with E-state index in [-0.39, 0.29) is 29.9 Å². The van der Waals surface area contributed by atoms with E-state index in [4.69, 9.17) is 4.74 Å². The summed E-state index contributed by atoms with van der Waals surface area (Å²) < 4.78 is 6.44. The number of fused-ring (bicyclic) bond motifs is 1. The lowest BCUT2D eigenvalue weighted by atomic mass is 9.91. The monoisotopic (exact) mass is 452 g/mol. The number of aromatic nitrogens is 2. The first-order valence-corrected chi connectivity index (χ1v) is 11.6. The molecule has 0 radical (unpaired) electrons. The van der Waals surface area contributed by atoms with E-state index in [9.17, 15) is 14.4 Å². The molecule has 1 aliphatic carbocycles. The molecule has 8 nitrogen and oxygen atoms in total. The number of ether oxygens (including phenoxy) is 1. The van der Waals surface area contributed by atoms with Crippen molar-refractivity contribution in [1.29, 1.82) is 0 Å². The first-order chi connectivity index (χ1) is 15.8. The van der Waals surface area contributed by atoms with Crippen LogP contribution < -0.4 is 10.2 Å². The van der Waals surface area contributed by atoms with Crippen LogP contribution in [0, 0.1) is 13.8 Å². The average Bonchev–Trinajstić information content (AvgIpc) is 3.03. The number of nitrogens with zero attached hydrogens (tertiary/aromatic N) is 3. The Morgan fingerprint density at radius 1 is 1.15 bits per heavy atom. The molecule has 33 heavy (non-hydrogen) atoms. The number of methoxy groups -OCH3 is 1. The number of carbonyl (C=O) groups excluding carboxylic acids is 3. The van der Waals surface area contributed by atoms with Gasteiger partial charge in [0.2, 0.25) is 5.91 Å². The number of amides is 2. The van der Waals surface area contributed by atoms with Gasteiger partial charge in [-0.3, -0.25) is 14.5 Å². The zero-order valence-corrected chi connectivity index (χ0v) is 19.8. The zero-order valence-electron chi connectivity index (χ0n) is 19.8. The van der Waals surface area contributed by atoms with Gasteiger partial charge in [0.25, 0.3) is 5.91 Å². The Kier molecular flexibility index (Phi) is 6.28. The van der Waals surface area contributed by atoms with Gasteiger partial charge < -0.3 is 14.6 Å². The molecule has 1 aromatic heterocycles. The Balaban J connectivity index is 1.80. The summed E-state index contributed by atoms with van der Waals surface area (Å²) in [6.07, 6.45) is 7.89. The van der Waals surface area contributed by atoms with Gasteiger partial charge in [0.05, 0.1) is 20.0 Å². The van der Waals surface area contributed by atoms with Crippen LogP contribution >= 0.6 is 0 Å². The molecule has 1 aliphatic heterocycles. The van der Waals surface area contributed by atoms with Crippen molar-refractivity contribution in [3.8, 4) is 0 Å². The number of esters is 1. The van der Waals surface area contributed by atoms with E-state index in [0.717, 1.165) is 36.8 Å². The first-order valence-electron chi connectivity index (χ1n) is 11.6. The van der Waals surface area contributed by atoms with Crippen molar-refractivity contribution in [1.82, 2.24) is 14.9 Å². The molecule has 4 rings (SSSR count). The maximum absolute atomic E-state index is 13.9. The van der Waals surface area contributed by atoms with Gasteiger partial charge in [-0.25, -0.2) is 9.78 Å². The molecule has 2 amide bonds. The Morgan fingerprint density at radius 3 is 2.52 bits per heavy atom. The number of hydrogen-bond donors (Lipinski definition) is 1. The fourth-order valence-electron chi connectivity index (χ4n) is 4.98. The van der Waals surface area contributed by atoms with E-state index in [1.807, 2.05) is 32.0 Å². The van der Waals surface area contributed by atoms with Gasteiger partial charge in [0.1, 0.15) is 11.2 Å². The first kappa shape index (κ1) is 23.0. The van der Waals surface area contributed by atoms with Gasteiger partial charge in [0.15, 0.2) is 5.69 Å². The van der Waals surface area contributed by atoms with Crippen molar-refractivity contribution in [2.75, 3.05) is 12.0 Å². The summed E-state index contributed by atoms with van der Waals surface area (Å²) in [7, 11) is 1.26. The fraction of sp³-hybridized carbons (Fsp3) is 0.520. The summed E-state index contributed by atoms with van der Waals surface area (Å²) in [6.45, 7) is 5.84. The number of imidazole rings is 1. The highest BCUT2D eigenvalue weighted by Gasteiger charge is 2.50. The third-order valence-electron chi connectivity index (χ3n) is 6.88. The van der Waals surface area contributed by atoms with Crippen LogP contribution in [0.5, 0.6) is 0 Å². The van der Waals surface area contributed by atoms with Gasteiger partial charge in [0, 0.05) is 11.7 Å². The Hall–Kier alpha value is -3.16. The smallest absolute Gasteiger partial charge is 0.359 e. The highest BCUT2D eigenvalue weighted by molar-refractivity contribution is 6.15. The van der Waals surface area contributed by atoms with Gasteiger partial charge in [-0.05, 0) is 50.8 Å². The summed E-state index contributed by atoms with van der Waals surface area (Å²) in [5.74, 6) is -1.31. The van der Waals surface area contributed by atoms with Crippen molar-refractivity contribution >= 4 is 23.5 Å². The molecule has 1 saturated carbocycles. The average molecular weight is 453 g/mol. The summed E-state index contributed by atoms with van der Waals surface area (Å²) >= 11 is 0. The molecular weight excluding hydrogens is 420 g/mol. The summed E-state index contributed by atoms with van der Waals surface area (Å²) in [4.78, 5) is 45.7. The third-order valence-corrected chi connectivity index (χ3v) is 6.88. The minimum absolute atomic E-state index is 0.0379. The van der Waals surface area contributed by atoms with Crippen molar-refractivity contribution in [3.05, 3.63) is 47.0 Å². The number of carbonyl (C=O) groups is 3. The quantitative estimate of drug-likeness (QED) is 0.566. The second-order valence-electron chi connectivity index (χ2n) is 9.43. The van der Waals surface area contributed by atoms with Gasteiger partial charge in [-0.15, -0.1) is 0 Å². The molecule has 1 aromatic carbocycles. The maximum atomic E-state index is 13.9. The minimum Gasteiger partial charge on any atom is -0.464 e. The van der Waals surface area contributed by atoms with Crippen LogP contribution in [0.15, 0.2) is 24.5 Å². The normalized spacial score (nSPS) is 21.3. The number of hydrogen-bond acceptors (Lipinski definition) is 5. The van der Waals surface area contributed by atoms with Gasteiger partial charge in [-0.2, -0.15) is 0 Å². The minimum atomic E-state index is -1.19. The fourth-order valence-corrected chi connectivity index (χ4v) is 4.98. The summed E-state index contributed by atoms with van der Waals surface area (Å²) in [5, 5.41) is 3.24. The Morgan fingerprint density at radius 2 is 1.85 bits per heavy atom. The predicted octanol–water partition coefficient (Wildman–Crippen LogP) is 3.54. The second kappa shape index (κ2) is 9.00. The summed E-state index contributed by atoms with van der Waals surface area (Å²) in [6, 6.07) is 5.92. The number of nitrogens with one attached hydrogen (secondary N) is 1. The van der Waals surface area contributed by atoms with Gasteiger partial charge in [-0.1, -0.05) is 37.8 Å². The SMILES string of the molecule is COC(=O)c1ncn2c1C(=O)N(c1cc(C)ccc1C)[C@](C)(C(=O)NC1CCCCCC1)C2. The third kappa shape index (κ3) is 4.14. The van der Waals surface area contributed by atoms with Crippen molar-refractivity contribution in [3.63, 3.8) is 0 Å². The van der Waals surface area contributed by atoms with E-state index in [0.29, 0.717) is 5.69 Å². The van der Waals surface area contributed by atoms with Crippen LogP contribution in [-0.4, -0.2) is 46.0 Å². The van der Waals surface area contributed by atoms with Crippen LogP contribution in [-0.2, 0) is 16.1 Å². The molecule has 0 unspecified atom stereocenters. The van der Waals surface area contributed by atoms with E-state index in [1.165, 1.54) is 26.3 Å². The van der Waals surface area contributed by atoms with Crippen LogP contribution in [0.1, 0.15) is 77.6 Å². The van der Waals surface area contributed by atoms with E-state index in [2.05, 4.69) is 10.3 Å². The lowest BCUT2D eigenvalue weighted by molar-refractivity contribution is -0.127. The Labute approximate surface area is 194 Å². The van der Waals surface area contributed by atoms with Crippen LogP contribution in [0.25, 0.3) is 0 Å². The number of aryl methyl sites for hydroxylation is 2. The zero-order chi connectivity index (χ0) is 23.8. The molecule has 176 valence electrons. The molecule has 0 bridgehead atoms. The predicted molar refractivity (Wildman–Crippen MR) is 124 cm³/mol. The molecule has 0 spiro atoms. The highest BCUT2D eigenvalue weighted by atomic mass is 16.5. The molecule has 2 aromatic rings. The number of rotatable bonds is 4. The van der Waals surface area contributed by atoms with Crippen LogP contribution in [0.4, 0.5) is 5.69 Å². The van der Waals surface area contributed by atoms with Crippen molar-refractivity contribution in [2.45, 2.75) is 77.4 Å². The molecule has 1 fully saturated rings. The van der Waals surface area contributed by atoms with Crippen molar-refractivity contribution < 1.29 is 19.1 Å². The molecule has 0 saturated heterocycles. The Bertz CT molecular complexity index is 1080. The van der Waals surface area contributed by atoms with Crippen LogP contribution in [0.3, 0.4) is 0 Å². The van der Waals surface area contributed by atoms with Crippen LogP contribution in [0.2, 0.25) is 0 Å². The highest BCUT2D eigenvalue weighted by Crippen LogP contribution is 2.36. The van der Waals surface area contributed by atoms with Gasteiger partial charge >= 0.3 is 5.97 Å². The summed E-state index contributed by atoms with van der Waals surface area (Å²) in [5.41, 5.74) is 1.41. The molecule has 1 atom stereocenters. The molecule has 2 aliphatic rings. The topological polar surface area (TPSA) is 93.5 Å². The maximum Gasteiger partial charge on any atom is 0.359 e. The second-order valence-corrected chi connectivity index (χ2v) is 9.43. The number of anilines is 1. The molecule has 8 heteroatoms. The standard InChI is InChI=1S/C25H32N4O4/c1-16-11-12-17(2)19(13-16)29-22(30)21-20(23(31)33-4)26-15-28(21)14-25(29,3)24(32)27-18-9-7-5-6-8-10-18/h11-13,15,18H,5-10,14H2,1-4H3,(H,27,32)/t25-/m0/s1. The van der Waals surface area contributed by atoms with E-state index in [1.54, 1.807) is 16.4 Å². The lowest BCUT2D eigenvalue weighted by Gasteiger charge is -2.44. The van der Waals surface area contributed by atoms with E-state index >= 15 is 0 Å². The lowest BCUT2D eigenvalue weighted by Crippen LogP contribution is -2.65. The van der Waals surface area contributed by atoms with E-state index < -0.39 is 17.4 Å². The largest absolute Gasteiger partial charge is 0.464 e. The molecule has 1 N–H and O–H groups in total. The molecule has 2 heterocycles. The number of benzene rings is 1. The van der Waals surface area contributed by atoms with Crippen molar-refractivity contribution in [2.24, 2.45) is 0 Å². The molecular formula is C25H32N4O4.